The maximum absolute atomic E-state index is 8.70. The largest absolute Gasteiger partial charge is 0.490 e. The Balaban J connectivity index is 2.53. The molecular weight excluding hydrogens is 274 g/mol. The molecule has 0 saturated carbocycles. The molecule has 0 spiro atoms. The molecule has 0 heterocycles. The van der Waals surface area contributed by atoms with Gasteiger partial charge in [-0.05, 0) is 44.4 Å². The fraction of sp³-hybridized carbons (Fsp3) is 0.533. The predicted octanol–water partition coefficient (Wildman–Crippen LogP) is 2.65. The van der Waals surface area contributed by atoms with E-state index in [9.17, 15) is 0 Å². The van der Waals surface area contributed by atoms with Crippen LogP contribution < -0.4 is 15.2 Å². The summed E-state index contributed by atoms with van der Waals surface area (Å²) in [6.07, 6.45) is 3.89. The molecule has 5 heteroatoms. The molecule has 1 rings (SSSR count). The van der Waals surface area contributed by atoms with Crippen molar-refractivity contribution in [2.75, 3.05) is 19.8 Å². The van der Waals surface area contributed by atoms with Crippen molar-refractivity contribution in [3.8, 4) is 11.5 Å². The first-order chi connectivity index (χ1) is 9.69. The van der Waals surface area contributed by atoms with Gasteiger partial charge < -0.3 is 20.3 Å². The van der Waals surface area contributed by atoms with Gasteiger partial charge in [-0.2, -0.15) is 0 Å². The highest BCUT2D eigenvalue weighted by molar-refractivity contribution is 7.80. The number of benzene rings is 1. The van der Waals surface area contributed by atoms with Gasteiger partial charge in [-0.25, -0.2) is 0 Å². The summed E-state index contributed by atoms with van der Waals surface area (Å²) in [4.78, 5) is 0.349. The summed E-state index contributed by atoms with van der Waals surface area (Å²) in [7, 11) is 0. The number of hydrogen-bond donors (Lipinski definition) is 2. The van der Waals surface area contributed by atoms with Gasteiger partial charge in [0.05, 0.1) is 13.2 Å². The molecule has 0 radical (unpaired) electrons. The van der Waals surface area contributed by atoms with Crippen LogP contribution in [0.4, 0.5) is 0 Å². The summed E-state index contributed by atoms with van der Waals surface area (Å²) in [5, 5.41) is 8.70. The Kier molecular flexibility index (Phi) is 7.99. The molecular formula is C15H23NO3S. The Labute approximate surface area is 125 Å². The number of unbranched alkanes of at least 4 members (excludes halogenated alkanes) is 3. The third kappa shape index (κ3) is 5.75. The van der Waals surface area contributed by atoms with Crippen molar-refractivity contribution in [2.45, 2.75) is 32.6 Å². The topological polar surface area (TPSA) is 64.7 Å². The average molecular weight is 297 g/mol. The molecule has 112 valence electrons. The SMILES string of the molecule is CCOc1cc(C(N)=S)ccc1OCCCCCCO. The molecule has 0 amide bonds. The third-order valence-electron chi connectivity index (χ3n) is 2.84. The molecule has 0 fully saturated rings. The average Bonchev–Trinajstić information content (AvgIpc) is 2.44. The van der Waals surface area contributed by atoms with E-state index >= 15 is 0 Å². The van der Waals surface area contributed by atoms with Crippen molar-refractivity contribution in [1.82, 2.24) is 0 Å². The van der Waals surface area contributed by atoms with Gasteiger partial charge in [-0.15, -0.1) is 0 Å². The standard InChI is InChI=1S/C15H23NO3S/c1-2-18-14-11-12(15(16)20)7-8-13(14)19-10-6-4-3-5-9-17/h7-8,11,17H,2-6,9-10H2,1H3,(H2,16,20). The minimum Gasteiger partial charge on any atom is -0.490 e. The number of aliphatic hydroxyl groups excluding tert-OH is 1. The zero-order valence-corrected chi connectivity index (χ0v) is 12.7. The number of rotatable bonds is 10. The van der Waals surface area contributed by atoms with E-state index in [0.29, 0.717) is 29.7 Å². The van der Waals surface area contributed by atoms with Crippen molar-refractivity contribution in [3.05, 3.63) is 23.8 Å². The molecule has 0 aliphatic rings. The fourth-order valence-corrected chi connectivity index (χ4v) is 1.93. The lowest BCUT2D eigenvalue weighted by atomic mass is 10.2. The quantitative estimate of drug-likeness (QED) is 0.513. The Morgan fingerprint density at radius 3 is 2.55 bits per heavy atom. The lowest BCUT2D eigenvalue weighted by Crippen LogP contribution is -2.10. The highest BCUT2D eigenvalue weighted by Crippen LogP contribution is 2.28. The van der Waals surface area contributed by atoms with Crippen LogP contribution in [0.2, 0.25) is 0 Å². The van der Waals surface area contributed by atoms with Gasteiger partial charge in [0.15, 0.2) is 11.5 Å². The first-order valence-electron chi connectivity index (χ1n) is 6.99. The van der Waals surface area contributed by atoms with Crippen LogP contribution in [-0.2, 0) is 0 Å². The third-order valence-corrected chi connectivity index (χ3v) is 3.07. The second-order valence-electron chi connectivity index (χ2n) is 4.45. The monoisotopic (exact) mass is 297 g/mol. The van der Waals surface area contributed by atoms with Gasteiger partial charge >= 0.3 is 0 Å². The van der Waals surface area contributed by atoms with Gasteiger partial charge in [0.2, 0.25) is 0 Å². The minimum atomic E-state index is 0.260. The summed E-state index contributed by atoms with van der Waals surface area (Å²) in [6, 6.07) is 5.49. The summed E-state index contributed by atoms with van der Waals surface area (Å²) in [5.41, 5.74) is 6.39. The Morgan fingerprint density at radius 1 is 1.15 bits per heavy atom. The maximum Gasteiger partial charge on any atom is 0.161 e. The van der Waals surface area contributed by atoms with Crippen LogP contribution in [0.1, 0.15) is 38.2 Å². The Morgan fingerprint density at radius 2 is 1.90 bits per heavy atom. The minimum absolute atomic E-state index is 0.260. The fourth-order valence-electron chi connectivity index (χ4n) is 1.80. The number of nitrogens with two attached hydrogens (primary N) is 1. The molecule has 0 aliphatic carbocycles. The van der Waals surface area contributed by atoms with Crippen LogP contribution in [0.3, 0.4) is 0 Å². The van der Waals surface area contributed by atoms with Crippen molar-refractivity contribution in [3.63, 3.8) is 0 Å². The zero-order chi connectivity index (χ0) is 14.8. The molecule has 0 unspecified atom stereocenters. The van der Waals surface area contributed by atoms with Crippen LogP contribution in [0.25, 0.3) is 0 Å². The van der Waals surface area contributed by atoms with Crippen LogP contribution in [0.15, 0.2) is 18.2 Å². The van der Waals surface area contributed by atoms with Crippen molar-refractivity contribution in [1.29, 1.82) is 0 Å². The maximum atomic E-state index is 8.70. The van der Waals surface area contributed by atoms with Gasteiger partial charge in [-0.3, -0.25) is 0 Å². The first kappa shape index (κ1) is 16.7. The van der Waals surface area contributed by atoms with E-state index in [4.69, 9.17) is 32.5 Å². The highest BCUT2D eigenvalue weighted by Gasteiger charge is 2.07. The number of thiocarbonyl (C=S) groups is 1. The van der Waals surface area contributed by atoms with Crippen molar-refractivity contribution >= 4 is 17.2 Å². The van der Waals surface area contributed by atoms with E-state index in [2.05, 4.69) is 0 Å². The summed E-state index contributed by atoms with van der Waals surface area (Å²) >= 11 is 4.96. The summed E-state index contributed by atoms with van der Waals surface area (Å²) in [5.74, 6) is 1.39. The van der Waals surface area contributed by atoms with Gasteiger partial charge in [0, 0.05) is 12.2 Å². The number of hydrogen-bond acceptors (Lipinski definition) is 4. The van der Waals surface area contributed by atoms with Gasteiger partial charge in [0.1, 0.15) is 4.99 Å². The number of ether oxygens (including phenoxy) is 2. The molecule has 0 saturated heterocycles. The van der Waals surface area contributed by atoms with E-state index in [1.54, 1.807) is 0 Å². The molecule has 0 aromatic heterocycles. The second-order valence-corrected chi connectivity index (χ2v) is 4.88. The molecule has 1 aromatic carbocycles. The molecule has 0 bridgehead atoms. The van der Waals surface area contributed by atoms with Crippen LogP contribution in [0.5, 0.6) is 11.5 Å². The molecule has 4 nitrogen and oxygen atoms in total. The van der Waals surface area contributed by atoms with Gasteiger partial charge in [-0.1, -0.05) is 18.6 Å². The molecule has 3 N–H and O–H groups in total. The molecule has 0 atom stereocenters. The van der Waals surface area contributed by atoms with Crippen molar-refractivity contribution in [2.24, 2.45) is 5.73 Å². The van der Waals surface area contributed by atoms with E-state index in [0.717, 1.165) is 31.2 Å². The van der Waals surface area contributed by atoms with Gasteiger partial charge in [0.25, 0.3) is 0 Å². The highest BCUT2D eigenvalue weighted by atomic mass is 32.1. The zero-order valence-electron chi connectivity index (χ0n) is 11.9. The van der Waals surface area contributed by atoms with E-state index in [1.807, 2.05) is 25.1 Å². The smallest absolute Gasteiger partial charge is 0.161 e. The lowest BCUT2D eigenvalue weighted by molar-refractivity contribution is 0.262. The lowest BCUT2D eigenvalue weighted by Gasteiger charge is -2.13. The first-order valence-corrected chi connectivity index (χ1v) is 7.40. The van der Waals surface area contributed by atoms with Crippen LogP contribution in [-0.4, -0.2) is 29.9 Å². The van der Waals surface area contributed by atoms with Crippen LogP contribution >= 0.6 is 12.2 Å². The van der Waals surface area contributed by atoms with Crippen molar-refractivity contribution < 1.29 is 14.6 Å². The Hall–Kier alpha value is -1.33. The molecule has 1 aromatic rings. The summed E-state index contributed by atoms with van der Waals surface area (Å²) < 4.78 is 11.3. The Bertz CT molecular complexity index is 424. The second kappa shape index (κ2) is 9.55. The van der Waals surface area contributed by atoms with Crippen LogP contribution in [0, 0.1) is 0 Å². The molecule has 20 heavy (non-hydrogen) atoms. The normalized spacial score (nSPS) is 10.3. The molecule has 0 aliphatic heterocycles. The van der Waals surface area contributed by atoms with E-state index in [1.165, 1.54) is 0 Å². The van der Waals surface area contributed by atoms with E-state index in [-0.39, 0.29) is 6.61 Å². The predicted molar refractivity (Wildman–Crippen MR) is 84.5 cm³/mol. The number of aliphatic hydroxyl groups is 1. The summed E-state index contributed by atoms with van der Waals surface area (Å²) in [6.45, 7) is 3.38. The van der Waals surface area contributed by atoms with E-state index < -0.39 is 0 Å².